The van der Waals surface area contributed by atoms with E-state index in [2.05, 4.69) is 11.9 Å². The number of nitrogens with zero attached hydrogens (tertiary/aromatic N) is 1. The third kappa shape index (κ3) is 8.37. The maximum Gasteiger partial charge on any atom is 0.309 e. The molecule has 0 aromatic heterocycles. The van der Waals surface area contributed by atoms with E-state index in [0.29, 0.717) is 12.8 Å². The Morgan fingerprint density at radius 3 is 1.36 bits per heavy atom. The van der Waals surface area contributed by atoms with Gasteiger partial charge >= 0.3 is 11.9 Å². The van der Waals surface area contributed by atoms with E-state index in [1.54, 1.807) is 27.7 Å². The highest BCUT2D eigenvalue weighted by Crippen LogP contribution is 2.24. The quantitative estimate of drug-likeness (QED) is 0.539. The number of carbonyl (C=O) groups is 2. The smallest absolute Gasteiger partial charge is 0.309 e. The average Bonchev–Trinajstić information content (AvgIpc) is 2.39. The summed E-state index contributed by atoms with van der Waals surface area (Å²) in [5.74, 6) is -1.47. The molecule has 0 fully saturated rings. The fourth-order valence-corrected chi connectivity index (χ4v) is 2.22. The highest BCUT2D eigenvalue weighted by Gasteiger charge is 2.26. The van der Waals surface area contributed by atoms with Gasteiger partial charge in [-0.05, 0) is 73.5 Å². The molecule has 0 saturated carbocycles. The second-order valence-electron chi connectivity index (χ2n) is 7.60. The summed E-state index contributed by atoms with van der Waals surface area (Å²) in [7, 11) is 2.06. The van der Waals surface area contributed by atoms with Crippen LogP contribution in [0.1, 0.15) is 66.2 Å². The summed E-state index contributed by atoms with van der Waals surface area (Å²) < 4.78 is 0. The fraction of sp³-hybridized carbons (Fsp3) is 0.882. The van der Waals surface area contributed by atoms with Crippen molar-refractivity contribution in [2.45, 2.75) is 66.2 Å². The lowest BCUT2D eigenvalue weighted by Gasteiger charge is -2.21. The van der Waals surface area contributed by atoms with E-state index in [1.807, 2.05) is 0 Å². The SMILES string of the molecule is CN(CCCCC(C)(C)C(=O)O)CCCCC(C)(C)C(=O)O. The molecule has 22 heavy (non-hydrogen) atoms. The van der Waals surface area contributed by atoms with Crippen LogP contribution >= 0.6 is 0 Å². The summed E-state index contributed by atoms with van der Waals surface area (Å²) >= 11 is 0. The van der Waals surface area contributed by atoms with Gasteiger partial charge in [-0.15, -0.1) is 0 Å². The molecule has 0 saturated heterocycles. The van der Waals surface area contributed by atoms with Crippen LogP contribution in [0.2, 0.25) is 0 Å². The number of hydrogen-bond donors (Lipinski definition) is 2. The Labute approximate surface area is 134 Å². The number of carboxylic acid groups (broad SMARTS) is 2. The second-order valence-corrected chi connectivity index (χ2v) is 7.60. The van der Waals surface area contributed by atoms with Gasteiger partial charge in [0.25, 0.3) is 0 Å². The van der Waals surface area contributed by atoms with Gasteiger partial charge in [0, 0.05) is 0 Å². The van der Waals surface area contributed by atoms with Crippen LogP contribution in [-0.4, -0.2) is 47.2 Å². The van der Waals surface area contributed by atoms with E-state index in [0.717, 1.165) is 38.8 Å². The molecule has 0 aliphatic heterocycles. The molecule has 0 unspecified atom stereocenters. The minimum Gasteiger partial charge on any atom is -0.481 e. The van der Waals surface area contributed by atoms with E-state index >= 15 is 0 Å². The van der Waals surface area contributed by atoms with Gasteiger partial charge in [-0.3, -0.25) is 9.59 Å². The summed E-state index contributed by atoms with van der Waals surface area (Å²) in [6.45, 7) is 8.98. The lowest BCUT2D eigenvalue weighted by atomic mass is 9.87. The zero-order valence-corrected chi connectivity index (χ0v) is 14.8. The minimum absolute atomic E-state index is 0.638. The lowest BCUT2D eigenvalue weighted by molar-refractivity contribution is -0.148. The molecule has 0 aromatic rings. The first-order chi connectivity index (χ1) is 9.99. The third-order valence-electron chi connectivity index (χ3n) is 4.34. The molecular formula is C17H33NO4. The molecule has 0 radical (unpaired) electrons. The van der Waals surface area contributed by atoms with E-state index in [-0.39, 0.29) is 0 Å². The Bertz CT molecular complexity index is 330. The van der Waals surface area contributed by atoms with Crippen molar-refractivity contribution in [3.8, 4) is 0 Å². The van der Waals surface area contributed by atoms with Crippen molar-refractivity contribution in [2.24, 2.45) is 10.8 Å². The first-order valence-corrected chi connectivity index (χ1v) is 8.14. The molecule has 0 aromatic carbocycles. The van der Waals surface area contributed by atoms with Crippen LogP contribution in [0.3, 0.4) is 0 Å². The standard InChI is InChI=1S/C17H33NO4/c1-16(2,14(19)20)10-6-8-12-18(5)13-9-7-11-17(3,4)15(21)22/h6-13H2,1-5H3,(H,19,20)(H,21,22). The molecule has 0 aliphatic carbocycles. The van der Waals surface area contributed by atoms with Crippen molar-refractivity contribution in [1.29, 1.82) is 0 Å². The Balaban J connectivity index is 3.73. The van der Waals surface area contributed by atoms with Crippen molar-refractivity contribution in [1.82, 2.24) is 4.90 Å². The van der Waals surface area contributed by atoms with Crippen LogP contribution in [0, 0.1) is 10.8 Å². The summed E-state index contributed by atoms with van der Waals surface area (Å²) in [6, 6.07) is 0. The molecule has 0 atom stereocenters. The largest absolute Gasteiger partial charge is 0.481 e. The van der Waals surface area contributed by atoms with Gasteiger partial charge in [-0.2, -0.15) is 0 Å². The summed E-state index contributed by atoms with van der Waals surface area (Å²) in [6.07, 6.45) is 5.21. The Morgan fingerprint density at radius 1 is 0.773 bits per heavy atom. The van der Waals surface area contributed by atoms with Crippen LogP contribution in [0.15, 0.2) is 0 Å². The van der Waals surface area contributed by atoms with Gasteiger partial charge < -0.3 is 15.1 Å². The number of rotatable bonds is 12. The van der Waals surface area contributed by atoms with Crippen LogP contribution in [0.25, 0.3) is 0 Å². The average molecular weight is 315 g/mol. The zero-order valence-electron chi connectivity index (χ0n) is 14.8. The maximum absolute atomic E-state index is 11.0. The molecule has 0 heterocycles. The number of aliphatic carboxylic acids is 2. The molecule has 0 rings (SSSR count). The van der Waals surface area contributed by atoms with Crippen LogP contribution < -0.4 is 0 Å². The number of unbranched alkanes of at least 4 members (excludes halogenated alkanes) is 2. The van der Waals surface area contributed by atoms with E-state index < -0.39 is 22.8 Å². The van der Waals surface area contributed by atoms with Crippen molar-refractivity contribution in [2.75, 3.05) is 20.1 Å². The van der Waals surface area contributed by atoms with E-state index in [4.69, 9.17) is 10.2 Å². The van der Waals surface area contributed by atoms with Crippen molar-refractivity contribution >= 4 is 11.9 Å². The molecule has 5 nitrogen and oxygen atoms in total. The Kier molecular flexibility index (Phi) is 8.68. The van der Waals surface area contributed by atoms with Crippen molar-refractivity contribution < 1.29 is 19.8 Å². The molecule has 130 valence electrons. The number of carboxylic acids is 2. The highest BCUT2D eigenvalue weighted by atomic mass is 16.4. The topological polar surface area (TPSA) is 77.8 Å². The highest BCUT2D eigenvalue weighted by molar-refractivity contribution is 5.73. The van der Waals surface area contributed by atoms with Crippen molar-refractivity contribution in [3.63, 3.8) is 0 Å². The monoisotopic (exact) mass is 315 g/mol. The predicted octanol–water partition coefficient (Wildman–Crippen LogP) is 3.48. The van der Waals surface area contributed by atoms with E-state index in [1.165, 1.54) is 0 Å². The molecule has 5 heteroatoms. The first kappa shape index (κ1) is 20.9. The molecular weight excluding hydrogens is 282 g/mol. The third-order valence-corrected chi connectivity index (χ3v) is 4.34. The van der Waals surface area contributed by atoms with Crippen LogP contribution in [0.4, 0.5) is 0 Å². The van der Waals surface area contributed by atoms with Gasteiger partial charge in [-0.1, -0.05) is 12.8 Å². The second kappa shape index (κ2) is 9.13. The van der Waals surface area contributed by atoms with Gasteiger partial charge in [0.2, 0.25) is 0 Å². The normalized spacial score (nSPS) is 12.6. The molecule has 0 spiro atoms. The number of hydrogen-bond acceptors (Lipinski definition) is 3. The van der Waals surface area contributed by atoms with Gasteiger partial charge in [-0.25, -0.2) is 0 Å². The Hall–Kier alpha value is -1.10. The Morgan fingerprint density at radius 2 is 1.09 bits per heavy atom. The zero-order chi connectivity index (χ0) is 17.4. The first-order valence-electron chi connectivity index (χ1n) is 8.14. The lowest BCUT2D eigenvalue weighted by Crippen LogP contribution is -2.26. The van der Waals surface area contributed by atoms with Crippen molar-refractivity contribution in [3.05, 3.63) is 0 Å². The summed E-state index contributed by atoms with van der Waals surface area (Å²) in [5.41, 5.74) is -1.28. The minimum atomic E-state index is -0.734. The molecule has 0 bridgehead atoms. The van der Waals surface area contributed by atoms with Gasteiger partial charge in [0.15, 0.2) is 0 Å². The molecule has 0 aliphatic rings. The van der Waals surface area contributed by atoms with Crippen LogP contribution in [0.5, 0.6) is 0 Å². The summed E-state index contributed by atoms with van der Waals surface area (Å²) in [5, 5.41) is 18.1. The molecule has 2 N–H and O–H groups in total. The van der Waals surface area contributed by atoms with Gasteiger partial charge in [0.05, 0.1) is 10.8 Å². The van der Waals surface area contributed by atoms with E-state index in [9.17, 15) is 9.59 Å². The van der Waals surface area contributed by atoms with Crippen LogP contribution in [-0.2, 0) is 9.59 Å². The predicted molar refractivity (Wildman–Crippen MR) is 88.0 cm³/mol. The maximum atomic E-state index is 11.0. The molecule has 0 amide bonds. The van der Waals surface area contributed by atoms with Gasteiger partial charge in [0.1, 0.15) is 0 Å². The summed E-state index contributed by atoms with van der Waals surface area (Å²) in [4.78, 5) is 24.2. The fourth-order valence-electron chi connectivity index (χ4n) is 2.22.